The number of hydrogen-bond acceptors (Lipinski definition) is 6. The monoisotopic (exact) mass is 249 g/mol. The van der Waals surface area contributed by atoms with Crippen LogP contribution in [0.4, 0.5) is 5.13 Å². The van der Waals surface area contributed by atoms with E-state index in [-0.39, 0.29) is 34.4 Å². The van der Waals surface area contributed by atoms with Crippen molar-refractivity contribution in [2.24, 2.45) is 0 Å². The molecule has 0 bridgehead atoms. The minimum Gasteiger partial charge on any atom is -0.544 e. The zero-order valence-electron chi connectivity index (χ0n) is 9.47. The van der Waals surface area contributed by atoms with Crippen molar-refractivity contribution in [1.82, 2.24) is 9.88 Å². The predicted molar refractivity (Wildman–Crippen MR) is 56.2 cm³/mol. The van der Waals surface area contributed by atoms with Gasteiger partial charge in [0, 0.05) is 32.4 Å². The number of aromatic nitrogens is 1. The standard InChI is InChI=1S/C9H13N3O2S.Na/c1-11-2-4-12(5-3-11)9-10-6-7(15-9)8(13)14;/h6H,2-5H2,1H3,(H,13,14);/q;+1/p-1. The molecule has 1 aromatic heterocycles. The summed E-state index contributed by atoms with van der Waals surface area (Å²) in [7, 11) is 2.08. The van der Waals surface area contributed by atoms with Gasteiger partial charge in [0.05, 0.1) is 10.8 Å². The van der Waals surface area contributed by atoms with Crippen LogP contribution in [0, 0.1) is 0 Å². The van der Waals surface area contributed by atoms with Crippen molar-refractivity contribution in [3.8, 4) is 0 Å². The number of carbonyl (C=O) groups excluding carboxylic acids is 1. The minimum absolute atomic E-state index is 0. The van der Waals surface area contributed by atoms with Gasteiger partial charge in [-0.05, 0) is 7.05 Å². The first-order valence-electron chi connectivity index (χ1n) is 4.77. The van der Waals surface area contributed by atoms with Crippen molar-refractivity contribution in [3.63, 3.8) is 0 Å². The third-order valence-electron chi connectivity index (χ3n) is 2.47. The first kappa shape index (κ1) is 13.9. The van der Waals surface area contributed by atoms with E-state index >= 15 is 0 Å². The second-order valence-corrected chi connectivity index (χ2v) is 4.59. The molecule has 1 fully saturated rings. The van der Waals surface area contributed by atoms with E-state index in [2.05, 4.69) is 21.8 Å². The molecule has 5 nitrogen and oxygen atoms in total. The Morgan fingerprint density at radius 3 is 2.56 bits per heavy atom. The Bertz CT molecular complexity index is 363. The van der Waals surface area contributed by atoms with Gasteiger partial charge in [0.25, 0.3) is 0 Å². The van der Waals surface area contributed by atoms with Gasteiger partial charge in [-0.2, -0.15) is 0 Å². The number of thiazole rings is 1. The number of aromatic carboxylic acids is 1. The van der Waals surface area contributed by atoms with Crippen molar-refractivity contribution in [2.45, 2.75) is 0 Å². The molecule has 0 amide bonds. The Morgan fingerprint density at radius 2 is 2.06 bits per heavy atom. The van der Waals surface area contributed by atoms with E-state index in [1.165, 1.54) is 17.5 Å². The quantitative estimate of drug-likeness (QED) is 0.504. The SMILES string of the molecule is CN1CCN(c2ncc(C(=O)[O-])s2)CC1.[Na+]. The molecule has 0 aromatic carbocycles. The Morgan fingerprint density at radius 1 is 1.44 bits per heavy atom. The van der Waals surface area contributed by atoms with Crippen LogP contribution in [0.1, 0.15) is 9.67 Å². The largest absolute Gasteiger partial charge is 1.00 e. The first-order valence-corrected chi connectivity index (χ1v) is 5.59. The van der Waals surface area contributed by atoms with Crippen LogP contribution in [0.5, 0.6) is 0 Å². The van der Waals surface area contributed by atoms with Gasteiger partial charge in [0.1, 0.15) is 0 Å². The number of nitrogens with zero attached hydrogens (tertiary/aromatic N) is 3. The second kappa shape index (κ2) is 5.97. The summed E-state index contributed by atoms with van der Waals surface area (Å²) in [6.07, 6.45) is 1.37. The molecule has 0 spiro atoms. The number of carboxylic acid groups (broad SMARTS) is 1. The van der Waals surface area contributed by atoms with Crippen LogP contribution in [0.2, 0.25) is 0 Å². The maximum atomic E-state index is 10.6. The molecule has 0 saturated carbocycles. The third-order valence-corrected chi connectivity index (χ3v) is 3.51. The Kier molecular flexibility index (Phi) is 5.20. The van der Waals surface area contributed by atoms with Crippen LogP contribution in [0.25, 0.3) is 0 Å². The molecule has 1 aromatic rings. The number of anilines is 1. The Labute approximate surface area is 120 Å². The maximum Gasteiger partial charge on any atom is 1.00 e. The summed E-state index contributed by atoms with van der Waals surface area (Å²) in [5.74, 6) is -1.15. The van der Waals surface area contributed by atoms with E-state index in [0.29, 0.717) is 0 Å². The van der Waals surface area contributed by atoms with Crippen molar-refractivity contribution in [2.75, 3.05) is 38.1 Å². The van der Waals surface area contributed by atoms with E-state index in [0.717, 1.165) is 31.3 Å². The number of hydrogen-bond donors (Lipinski definition) is 0. The second-order valence-electron chi connectivity index (χ2n) is 3.58. The summed E-state index contributed by atoms with van der Waals surface area (Å²) < 4.78 is 0. The summed E-state index contributed by atoms with van der Waals surface area (Å²) in [4.78, 5) is 19.2. The zero-order chi connectivity index (χ0) is 10.8. The smallest absolute Gasteiger partial charge is 0.544 e. The van der Waals surface area contributed by atoms with E-state index in [1.807, 2.05) is 0 Å². The molecule has 1 aliphatic heterocycles. The van der Waals surface area contributed by atoms with Crippen molar-refractivity contribution < 1.29 is 39.5 Å². The number of piperazine rings is 1. The topological polar surface area (TPSA) is 59.5 Å². The van der Waals surface area contributed by atoms with E-state index in [4.69, 9.17) is 0 Å². The van der Waals surface area contributed by atoms with Gasteiger partial charge in [-0.15, -0.1) is 0 Å². The summed E-state index contributed by atoms with van der Waals surface area (Å²) in [6, 6.07) is 0. The first-order chi connectivity index (χ1) is 7.16. The molecule has 1 aliphatic rings. The molecule has 7 heteroatoms. The van der Waals surface area contributed by atoms with Gasteiger partial charge < -0.3 is 19.7 Å². The molecule has 0 aliphatic carbocycles. The zero-order valence-corrected chi connectivity index (χ0v) is 12.3. The van der Waals surface area contributed by atoms with Crippen LogP contribution in [-0.2, 0) is 0 Å². The van der Waals surface area contributed by atoms with Gasteiger partial charge in [-0.25, -0.2) is 4.98 Å². The number of carbonyl (C=O) groups is 1. The van der Waals surface area contributed by atoms with Crippen LogP contribution in [-0.4, -0.2) is 49.1 Å². The van der Waals surface area contributed by atoms with Gasteiger partial charge in [0.2, 0.25) is 0 Å². The molecule has 16 heavy (non-hydrogen) atoms. The summed E-state index contributed by atoms with van der Waals surface area (Å²) in [5, 5.41) is 11.4. The molecule has 0 unspecified atom stereocenters. The molecule has 2 rings (SSSR count). The van der Waals surface area contributed by atoms with Crippen molar-refractivity contribution in [1.29, 1.82) is 0 Å². The van der Waals surface area contributed by atoms with Gasteiger partial charge in [-0.3, -0.25) is 0 Å². The Hall–Kier alpha value is -0.140. The molecule has 2 heterocycles. The normalized spacial score (nSPS) is 16.9. The average Bonchev–Trinajstić information content (AvgIpc) is 2.68. The average molecular weight is 249 g/mol. The van der Waals surface area contributed by atoms with E-state index in [1.54, 1.807) is 0 Å². The van der Waals surface area contributed by atoms with Crippen LogP contribution in [0.3, 0.4) is 0 Å². The van der Waals surface area contributed by atoms with Gasteiger partial charge in [-0.1, -0.05) is 11.3 Å². The van der Waals surface area contributed by atoms with E-state index in [9.17, 15) is 9.90 Å². The van der Waals surface area contributed by atoms with Crippen LogP contribution in [0.15, 0.2) is 6.20 Å². The molecule has 82 valence electrons. The number of rotatable bonds is 2. The predicted octanol–water partition coefficient (Wildman–Crippen LogP) is -3.74. The minimum atomic E-state index is -1.15. The van der Waals surface area contributed by atoms with Crippen molar-refractivity contribution >= 4 is 22.4 Å². The number of likely N-dealkylation sites (N-methyl/N-ethyl adjacent to an activating group) is 1. The summed E-state index contributed by atoms with van der Waals surface area (Å²) in [6.45, 7) is 3.77. The molecule has 1 saturated heterocycles. The molecule has 0 N–H and O–H groups in total. The van der Waals surface area contributed by atoms with Crippen LogP contribution >= 0.6 is 11.3 Å². The van der Waals surface area contributed by atoms with Gasteiger partial charge in [0.15, 0.2) is 5.13 Å². The van der Waals surface area contributed by atoms with E-state index < -0.39 is 5.97 Å². The van der Waals surface area contributed by atoms with Gasteiger partial charge >= 0.3 is 29.6 Å². The maximum absolute atomic E-state index is 10.6. The molecule has 0 radical (unpaired) electrons. The fourth-order valence-corrected chi connectivity index (χ4v) is 2.31. The Balaban J connectivity index is 0.00000128. The summed E-state index contributed by atoms with van der Waals surface area (Å²) in [5.41, 5.74) is 0. The fraction of sp³-hybridized carbons (Fsp3) is 0.556. The number of carboxylic acids is 1. The molecular formula is C9H12N3NaO2S. The third kappa shape index (κ3) is 3.18. The molecule has 0 atom stereocenters. The van der Waals surface area contributed by atoms with Crippen LogP contribution < -0.4 is 39.6 Å². The fourth-order valence-electron chi connectivity index (χ4n) is 1.50. The summed E-state index contributed by atoms with van der Waals surface area (Å²) >= 11 is 1.18. The molecular weight excluding hydrogens is 237 g/mol. The van der Waals surface area contributed by atoms with Crippen molar-refractivity contribution in [3.05, 3.63) is 11.1 Å².